The highest BCUT2D eigenvalue weighted by Gasteiger charge is 2.15. The zero-order valence-electron chi connectivity index (χ0n) is 14.8. The molecule has 0 saturated carbocycles. The number of hydrogen-bond acceptors (Lipinski definition) is 2. The van der Waals surface area contributed by atoms with Gasteiger partial charge in [-0.2, -0.15) is 0 Å². The summed E-state index contributed by atoms with van der Waals surface area (Å²) in [6, 6.07) is 15.1. The Hall–Kier alpha value is -1.64. The predicted octanol–water partition coefficient (Wildman–Crippen LogP) is 6.26. The summed E-state index contributed by atoms with van der Waals surface area (Å²) in [4.78, 5) is 24.0. The Kier molecular flexibility index (Phi) is 8.87. The van der Waals surface area contributed by atoms with E-state index in [2.05, 4.69) is 6.07 Å². The van der Waals surface area contributed by atoms with Crippen LogP contribution in [0.15, 0.2) is 48.5 Å². The zero-order chi connectivity index (χ0) is 18.8. The fraction of sp³-hybridized carbons (Fsp3) is 0.364. The number of carbonyl (C=O) groups is 2. The fourth-order valence-electron chi connectivity index (χ4n) is 2.89. The van der Waals surface area contributed by atoms with E-state index in [0.717, 1.165) is 43.5 Å². The minimum Gasteiger partial charge on any atom is -0.291 e. The smallest absolute Gasteiger partial charge is 0.202 e. The molecule has 0 unspecified atom stereocenters. The Labute approximate surface area is 165 Å². The molecule has 2 rings (SSSR count). The molecular weight excluding hydrogens is 367 g/mol. The van der Waals surface area contributed by atoms with Crippen molar-refractivity contribution < 1.29 is 9.59 Å². The molecule has 4 heteroatoms. The van der Waals surface area contributed by atoms with Gasteiger partial charge in [-0.05, 0) is 42.5 Å². The third-order valence-electron chi connectivity index (χ3n) is 4.43. The maximum Gasteiger partial charge on any atom is 0.202 e. The molecule has 0 aliphatic rings. The maximum atomic E-state index is 12.0. The molecular formula is C22H24Cl2O2. The normalized spacial score (nSPS) is 10.7. The van der Waals surface area contributed by atoms with Crippen molar-refractivity contribution in [2.45, 2.75) is 51.4 Å². The molecule has 0 aromatic heterocycles. The molecule has 0 radical (unpaired) electrons. The lowest BCUT2D eigenvalue weighted by atomic mass is 10.0. The van der Waals surface area contributed by atoms with E-state index >= 15 is 0 Å². The van der Waals surface area contributed by atoms with Gasteiger partial charge in [0.1, 0.15) is 0 Å². The highest BCUT2D eigenvalue weighted by Crippen LogP contribution is 2.19. The largest absolute Gasteiger partial charge is 0.291 e. The minimum absolute atomic E-state index is 0.0936. The van der Waals surface area contributed by atoms with Gasteiger partial charge in [-0.15, -0.1) is 0 Å². The van der Waals surface area contributed by atoms with Gasteiger partial charge in [0.05, 0.1) is 0 Å². The average molecular weight is 391 g/mol. The molecule has 0 bridgehead atoms. The lowest BCUT2D eigenvalue weighted by molar-refractivity contribution is -0.136. The molecule has 0 amide bonds. The van der Waals surface area contributed by atoms with Crippen molar-refractivity contribution >= 4 is 34.8 Å². The fourth-order valence-corrected chi connectivity index (χ4v) is 3.32. The van der Waals surface area contributed by atoms with Gasteiger partial charge in [-0.1, -0.05) is 78.9 Å². The second kappa shape index (κ2) is 11.2. The summed E-state index contributed by atoms with van der Waals surface area (Å²) in [5.41, 5.74) is 1.90. The van der Waals surface area contributed by atoms with Gasteiger partial charge in [0.15, 0.2) is 5.78 Å². The number of unbranched alkanes of at least 4 members (excludes halogenated alkanes) is 4. The summed E-state index contributed by atoms with van der Waals surface area (Å²) in [7, 11) is 0. The third kappa shape index (κ3) is 6.93. The van der Waals surface area contributed by atoms with Gasteiger partial charge < -0.3 is 0 Å². The topological polar surface area (TPSA) is 34.1 Å². The van der Waals surface area contributed by atoms with E-state index in [0.29, 0.717) is 17.0 Å². The SMILES string of the molecule is O=C(CCCCCCCc1ccccc1Cl)C(=O)Cc1ccccc1Cl. The van der Waals surface area contributed by atoms with Crippen LogP contribution in [0.1, 0.15) is 49.7 Å². The molecule has 0 fully saturated rings. The van der Waals surface area contributed by atoms with E-state index in [1.807, 2.05) is 30.3 Å². The first-order valence-electron chi connectivity index (χ1n) is 9.11. The van der Waals surface area contributed by atoms with Crippen LogP contribution in [0.25, 0.3) is 0 Å². The standard InChI is InChI=1S/C22H24Cl2O2/c23-19-13-8-6-11-17(19)10-4-2-1-3-5-15-21(25)22(26)16-18-12-7-9-14-20(18)24/h6-9,11-14H,1-5,10,15-16H2. The van der Waals surface area contributed by atoms with E-state index in [-0.39, 0.29) is 18.0 Å². The number of benzene rings is 2. The second-order valence-corrected chi connectivity index (χ2v) is 7.29. The number of halogens is 2. The number of hydrogen-bond donors (Lipinski definition) is 0. The van der Waals surface area contributed by atoms with Gasteiger partial charge in [0.2, 0.25) is 5.78 Å². The van der Waals surface area contributed by atoms with Crippen molar-refractivity contribution in [3.63, 3.8) is 0 Å². The predicted molar refractivity (Wildman–Crippen MR) is 108 cm³/mol. The van der Waals surface area contributed by atoms with Gasteiger partial charge in [-0.3, -0.25) is 9.59 Å². The number of aryl methyl sites for hydroxylation is 1. The Balaban J connectivity index is 1.58. The number of rotatable bonds is 11. The first-order valence-corrected chi connectivity index (χ1v) is 9.86. The van der Waals surface area contributed by atoms with Crippen LogP contribution in [0.4, 0.5) is 0 Å². The molecule has 2 nitrogen and oxygen atoms in total. The van der Waals surface area contributed by atoms with E-state index in [1.165, 1.54) is 5.56 Å². The maximum absolute atomic E-state index is 12.0. The first kappa shape index (κ1) is 20.7. The van der Waals surface area contributed by atoms with Gasteiger partial charge >= 0.3 is 0 Å². The highest BCUT2D eigenvalue weighted by atomic mass is 35.5. The van der Waals surface area contributed by atoms with Crippen molar-refractivity contribution in [2.75, 3.05) is 0 Å². The summed E-state index contributed by atoms with van der Waals surface area (Å²) in [5, 5.41) is 1.36. The van der Waals surface area contributed by atoms with Gasteiger partial charge in [0.25, 0.3) is 0 Å². The Bertz CT molecular complexity index is 740. The lowest BCUT2D eigenvalue weighted by Gasteiger charge is -2.05. The third-order valence-corrected chi connectivity index (χ3v) is 5.17. The van der Waals surface area contributed by atoms with E-state index in [1.54, 1.807) is 12.1 Å². The molecule has 138 valence electrons. The first-order chi connectivity index (χ1) is 12.6. The summed E-state index contributed by atoms with van der Waals surface area (Å²) in [5.74, 6) is -0.641. The van der Waals surface area contributed by atoms with Crippen LogP contribution in [0.3, 0.4) is 0 Å². The molecule has 0 spiro atoms. The number of ketones is 2. The summed E-state index contributed by atoms with van der Waals surface area (Å²) in [6.07, 6.45) is 6.39. The number of Topliss-reactive ketones (excluding diaryl/α,β-unsaturated/α-hetero) is 2. The molecule has 2 aromatic carbocycles. The van der Waals surface area contributed by atoms with Crippen molar-refractivity contribution in [3.05, 3.63) is 69.7 Å². The Morgan fingerprint density at radius 1 is 0.654 bits per heavy atom. The van der Waals surface area contributed by atoms with Crippen molar-refractivity contribution in [3.8, 4) is 0 Å². The summed E-state index contributed by atoms with van der Waals surface area (Å²) >= 11 is 12.2. The van der Waals surface area contributed by atoms with Crippen LogP contribution < -0.4 is 0 Å². The van der Waals surface area contributed by atoms with E-state index in [4.69, 9.17) is 23.2 Å². The van der Waals surface area contributed by atoms with Crippen molar-refractivity contribution in [2.24, 2.45) is 0 Å². The van der Waals surface area contributed by atoms with Crippen molar-refractivity contribution in [1.29, 1.82) is 0 Å². The number of carbonyl (C=O) groups excluding carboxylic acids is 2. The van der Waals surface area contributed by atoms with Crippen LogP contribution in [0.5, 0.6) is 0 Å². The highest BCUT2D eigenvalue weighted by molar-refractivity contribution is 6.38. The Morgan fingerprint density at radius 2 is 1.19 bits per heavy atom. The minimum atomic E-state index is -0.350. The molecule has 0 saturated heterocycles. The molecule has 26 heavy (non-hydrogen) atoms. The monoisotopic (exact) mass is 390 g/mol. The van der Waals surface area contributed by atoms with Gasteiger partial charge in [0, 0.05) is 22.9 Å². The molecule has 0 aliphatic heterocycles. The van der Waals surface area contributed by atoms with Crippen molar-refractivity contribution in [1.82, 2.24) is 0 Å². The quantitative estimate of drug-likeness (QED) is 0.335. The van der Waals surface area contributed by atoms with Gasteiger partial charge in [-0.25, -0.2) is 0 Å². The molecule has 2 aromatic rings. The summed E-state index contributed by atoms with van der Waals surface area (Å²) < 4.78 is 0. The van der Waals surface area contributed by atoms with Crippen LogP contribution in [0.2, 0.25) is 10.0 Å². The van der Waals surface area contributed by atoms with Crippen LogP contribution in [-0.2, 0) is 22.4 Å². The van der Waals surface area contributed by atoms with Crippen LogP contribution in [-0.4, -0.2) is 11.6 Å². The van der Waals surface area contributed by atoms with Crippen LogP contribution >= 0.6 is 23.2 Å². The van der Waals surface area contributed by atoms with E-state index < -0.39 is 0 Å². The van der Waals surface area contributed by atoms with E-state index in [9.17, 15) is 9.59 Å². The molecule has 0 N–H and O–H groups in total. The molecule has 0 atom stereocenters. The lowest BCUT2D eigenvalue weighted by Crippen LogP contribution is -2.16. The van der Waals surface area contributed by atoms with Crippen LogP contribution in [0, 0.1) is 0 Å². The second-order valence-electron chi connectivity index (χ2n) is 6.47. The average Bonchev–Trinajstić information content (AvgIpc) is 2.64. The molecule has 0 aliphatic carbocycles. The zero-order valence-corrected chi connectivity index (χ0v) is 16.4. The summed E-state index contributed by atoms with van der Waals surface area (Å²) in [6.45, 7) is 0. The molecule has 0 heterocycles. The Morgan fingerprint density at radius 3 is 1.85 bits per heavy atom.